The normalized spacial score (nSPS) is 18.8. The molecular weight excluding hydrogens is 168 g/mol. The zero-order valence-corrected chi connectivity index (χ0v) is 8.38. The highest BCUT2D eigenvalue weighted by Gasteiger charge is 2.19. The number of ether oxygens (including phenoxy) is 1. The van der Waals surface area contributed by atoms with Gasteiger partial charge in [0.2, 0.25) is 0 Å². The lowest BCUT2D eigenvalue weighted by Crippen LogP contribution is -2.44. The maximum absolute atomic E-state index is 11.4. The first-order chi connectivity index (χ1) is 6.24. The molecule has 1 heterocycles. The van der Waals surface area contributed by atoms with Crippen molar-refractivity contribution in [2.24, 2.45) is 5.92 Å². The van der Waals surface area contributed by atoms with Crippen molar-refractivity contribution >= 4 is 6.03 Å². The summed E-state index contributed by atoms with van der Waals surface area (Å²) in [5, 5.41) is 2.68. The molecule has 76 valence electrons. The Balaban J connectivity index is 2.23. The number of likely N-dealkylation sites (tertiary alicyclic amines) is 1. The van der Waals surface area contributed by atoms with Gasteiger partial charge in [-0.05, 0) is 18.8 Å². The van der Waals surface area contributed by atoms with E-state index in [1.165, 1.54) is 0 Å². The highest BCUT2D eigenvalue weighted by atomic mass is 16.5. The van der Waals surface area contributed by atoms with Gasteiger partial charge in [0.15, 0.2) is 0 Å². The summed E-state index contributed by atoms with van der Waals surface area (Å²) in [5.74, 6) is 0.756. The van der Waals surface area contributed by atoms with E-state index in [0.717, 1.165) is 31.8 Å². The maximum Gasteiger partial charge on any atom is 0.319 e. The van der Waals surface area contributed by atoms with Crippen LogP contribution in [0.3, 0.4) is 0 Å². The second kappa shape index (κ2) is 5.07. The Bertz CT molecular complexity index is 165. The van der Waals surface area contributed by atoms with E-state index in [0.29, 0.717) is 6.73 Å². The molecule has 13 heavy (non-hydrogen) atoms. The first kappa shape index (κ1) is 10.3. The van der Waals surface area contributed by atoms with Crippen molar-refractivity contribution in [2.75, 3.05) is 26.9 Å². The van der Waals surface area contributed by atoms with Crippen molar-refractivity contribution in [1.82, 2.24) is 10.2 Å². The number of hydrogen-bond acceptors (Lipinski definition) is 2. The molecule has 4 nitrogen and oxygen atoms in total. The van der Waals surface area contributed by atoms with Crippen molar-refractivity contribution in [1.29, 1.82) is 0 Å². The Kier molecular flexibility index (Phi) is 4.02. The van der Waals surface area contributed by atoms with E-state index in [2.05, 4.69) is 12.2 Å². The molecule has 0 radical (unpaired) electrons. The van der Waals surface area contributed by atoms with Crippen LogP contribution < -0.4 is 5.32 Å². The quantitative estimate of drug-likeness (QED) is 0.654. The van der Waals surface area contributed by atoms with Gasteiger partial charge >= 0.3 is 6.03 Å². The largest absolute Gasteiger partial charge is 0.364 e. The minimum Gasteiger partial charge on any atom is -0.364 e. The van der Waals surface area contributed by atoms with Crippen molar-refractivity contribution in [2.45, 2.75) is 19.8 Å². The number of amides is 2. The molecule has 0 saturated carbocycles. The monoisotopic (exact) mass is 186 g/mol. The molecule has 0 aromatic heterocycles. The van der Waals surface area contributed by atoms with Gasteiger partial charge in [0.1, 0.15) is 6.73 Å². The van der Waals surface area contributed by atoms with Gasteiger partial charge in [-0.15, -0.1) is 0 Å². The first-order valence-corrected chi connectivity index (χ1v) is 4.75. The summed E-state index contributed by atoms with van der Waals surface area (Å²) in [6, 6.07) is -0.00579. The Hall–Kier alpha value is -0.770. The Labute approximate surface area is 79.2 Å². The number of methoxy groups -OCH3 is 1. The number of nitrogens with zero attached hydrogens (tertiary/aromatic N) is 1. The molecule has 1 N–H and O–H groups in total. The Morgan fingerprint density at radius 2 is 2.15 bits per heavy atom. The lowest BCUT2D eigenvalue weighted by atomic mass is 10.00. The average molecular weight is 186 g/mol. The number of rotatable bonds is 2. The topological polar surface area (TPSA) is 41.6 Å². The van der Waals surface area contributed by atoms with Crippen LogP contribution in [0.4, 0.5) is 4.79 Å². The second-order valence-corrected chi connectivity index (χ2v) is 3.58. The molecule has 1 rings (SSSR count). The van der Waals surface area contributed by atoms with Crippen molar-refractivity contribution in [3.8, 4) is 0 Å². The molecule has 0 unspecified atom stereocenters. The Morgan fingerprint density at radius 3 is 2.69 bits per heavy atom. The summed E-state index contributed by atoms with van der Waals surface area (Å²) in [4.78, 5) is 13.2. The maximum atomic E-state index is 11.4. The number of urea groups is 1. The van der Waals surface area contributed by atoms with E-state index in [1.807, 2.05) is 4.90 Å². The van der Waals surface area contributed by atoms with Crippen LogP contribution in [0.1, 0.15) is 19.8 Å². The van der Waals surface area contributed by atoms with Gasteiger partial charge in [-0.25, -0.2) is 4.79 Å². The summed E-state index contributed by atoms with van der Waals surface area (Å²) in [6.45, 7) is 4.27. The second-order valence-electron chi connectivity index (χ2n) is 3.58. The van der Waals surface area contributed by atoms with E-state index >= 15 is 0 Å². The van der Waals surface area contributed by atoms with Gasteiger partial charge in [0.25, 0.3) is 0 Å². The fraction of sp³-hybridized carbons (Fsp3) is 0.889. The van der Waals surface area contributed by atoms with Gasteiger partial charge in [-0.1, -0.05) is 6.92 Å². The molecule has 0 aromatic rings. The molecule has 0 aromatic carbocycles. The first-order valence-electron chi connectivity index (χ1n) is 4.75. The highest BCUT2D eigenvalue weighted by molar-refractivity contribution is 5.74. The van der Waals surface area contributed by atoms with Crippen LogP contribution in [0.15, 0.2) is 0 Å². The zero-order chi connectivity index (χ0) is 9.68. The predicted molar refractivity (Wildman–Crippen MR) is 50.4 cm³/mol. The third-order valence-corrected chi connectivity index (χ3v) is 2.44. The smallest absolute Gasteiger partial charge is 0.319 e. The molecular formula is C9H18N2O2. The number of nitrogens with one attached hydrogen (secondary N) is 1. The summed E-state index contributed by atoms with van der Waals surface area (Å²) in [6.07, 6.45) is 2.22. The van der Waals surface area contributed by atoms with E-state index in [1.54, 1.807) is 7.11 Å². The summed E-state index contributed by atoms with van der Waals surface area (Å²) in [5.41, 5.74) is 0. The van der Waals surface area contributed by atoms with Crippen LogP contribution in [0.5, 0.6) is 0 Å². The Morgan fingerprint density at radius 1 is 1.54 bits per heavy atom. The molecule has 0 spiro atoms. The molecule has 0 bridgehead atoms. The summed E-state index contributed by atoms with van der Waals surface area (Å²) < 4.78 is 4.77. The predicted octanol–water partition coefficient (Wildman–Crippen LogP) is 1.03. The van der Waals surface area contributed by atoms with Crippen LogP contribution >= 0.6 is 0 Å². The van der Waals surface area contributed by atoms with Gasteiger partial charge in [-0.2, -0.15) is 0 Å². The molecule has 0 atom stereocenters. The van der Waals surface area contributed by atoms with E-state index in [9.17, 15) is 4.79 Å². The number of hydrogen-bond donors (Lipinski definition) is 1. The molecule has 1 saturated heterocycles. The molecule has 1 fully saturated rings. The fourth-order valence-electron chi connectivity index (χ4n) is 1.46. The van der Waals surface area contributed by atoms with Crippen LogP contribution in [-0.4, -0.2) is 37.9 Å². The van der Waals surface area contributed by atoms with Crippen LogP contribution in [0.2, 0.25) is 0 Å². The fourth-order valence-corrected chi connectivity index (χ4v) is 1.46. The van der Waals surface area contributed by atoms with Crippen LogP contribution in [-0.2, 0) is 4.74 Å². The van der Waals surface area contributed by atoms with Gasteiger partial charge in [0.05, 0.1) is 0 Å². The third-order valence-electron chi connectivity index (χ3n) is 2.44. The van der Waals surface area contributed by atoms with Crippen molar-refractivity contribution in [3.63, 3.8) is 0 Å². The highest BCUT2D eigenvalue weighted by Crippen LogP contribution is 2.15. The van der Waals surface area contributed by atoms with Gasteiger partial charge in [-0.3, -0.25) is 0 Å². The molecule has 1 aliphatic heterocycles. The standard InChI is InChI=1S/C9H18N2O2/c1-8-3-5-11(6-4-8)9(12)10-7-13-2/h8H,3-7H2,1-2H3,(H,10,12). The number of carbonyl (C=O) groups excluding carboxylic acids is 1. The third kappa shape index (κ3) is 3.22. The van der Waals surface area contributed by atoms with Crippen molar-refractivity contribution in [3.05, 3.63) is 0 Å². The zero-order valence-electron chi connectivity index (χ0n) is 8.38. The van der Waals surface area contributed by atoms with Crippen LogP contribution in [0, 0.1) is 5.92 Å². The van der Waals surface area contributed by atoms with Gasteiger partial charge in [0, 0.05) is 20.2 Å². The van der Waals surface area contributed by atoms with Crippen molar-refractivity contribution < 1.29 is 9.53 Å². The van der Waals surface area contributed by atoms with E-state index < -0.39 is 0 Å². The van der Waals surface area contributed by atoms with Gasteiger partial charge < -0.3 is 15.0 Å². The molecule has 0 aliphatic carbocycles. The molecule has 1 aliphatic rings. The van der Waals surface area contributed by atoms with Crippen LogP contribution in [0.25, 0.3) is 0 Å². The number of carbonyl (C=O) groups is 1. The summed E-state index contributed by atoms with van der Waals surface area (Å²) >= 11 is 0. The summed E-state index contributed by atoms with van der Waals surface area (Å²) in [7, 11) is 1.57. The lowest BCUT2D eigenvalue weighted by Gasteiger charge is -2.30. The lowest BCUT2D eigenvalue weighted by molar-refractivity contribution is 0.142. The molecule has 4 heteroatoms. The molecule has 2 amide bonds. The minimum absolute atomic E-state index is 0.00579. The average Bonchev–Trinajstić information content (AvgIpc) is 2.15. The SMILES string of the molecule is COCNC(=O)N1CCC(C)CC1. The minimum atomic E-state index is -0.00579. The van der Waals surface area contributed by atoms with E-state index in [-0.39, 0.29) is 6.03 Å². The van der Waals surface area contributed by atoms with E-state index in [4.69, 9.17) is 4.74 Å². The number of piperidine rings is 1.